The normalized spacial score (nSPS) is 15.3. The maximum absolute atomic E-state index is 13.7. The lowest BCUT2D eigenvalue weighted by molar-refractivity contribution is -0.122. The number of aryl methyl sites for hydroxylation is 1. The first kappa shape index (κ1) is 24.7. The van der Waals surface area contributed by atoms with Crippen molar-refractivity contribution in [3.8, 4) is 0 Å². The Bertz CT molecular complexity index is 1470. The lowest BCUT2D eigenvalue weighted by Crippen LogP contribution is -2.44. The van der Waals surface area contributed by atoms with E-state index >= 15 is 0 Å². The van der Waals surface area contributed by atoms with E-state index in [0.29, 0.717) is 26.7 Å². The number of rotatable bonds is 6. The molecule has 0 saturated heterocycles. The minimum atomic E-state index is -0.714. The van der Waals surface area contributed by atoms with Crippen LogP contribution in [0.15, 0.2) is 67.1 Å². The molecule has 1 atom stereocenters. The third kappa shape index (κ3) is 5.58. The van der Waals surface area contributed by atoms with Crippen LogP contribution in [-0.4, -0.2) is 43.5 Å². The van der Waals surface area contributed by atoms with Crippen molar-refractivity contribution in [2.75, 3.05) is 5.32 Å². The average molecular weight is 532 g/mol. The molecule has 5 rings (SSSR count). The van der Waals surface area contributed by atoms with Crippen LogP contribution in [0.5, 0.6) is 0 Å². The fraction of sp³-hybridized carbons (Fsp3) is 0.185. The molecule has 1 aromatic carbocycles. The molecule has 10 heteroatoms. The number of thiophene rings is 1. The Morgan fingerprint density at radius 3 is 2.68 bits per heavy atom. The van der Waals surface area contributed by atoms with Gasteiger partial charge in [0.2, 0.25) is 5.95 Å². The van der Waals surface area contributed by atoms with Gasteiger partial charge >= 0.3 is 0 Å². The lowest BCUT2D eigenvalue weighted by atomic mass is 9.99. The number of carbonyl (C=O) groups is 3. The second kappa shape index (κ2) is 10.6. The van der Waals surface area contributed by atoms with E-state index in [0.717, 1.165) is 10.4 Å². The summed E-state index contributed by atoms with van der Waals surface area (Å²) in [6.07, 6.45) is 5.30. The molecule has 3 aromatic heterocycles. The van der Waals surface area contributed by atoms with Crippen molar-refractivity contribution in [3.05, 3.63) is 104 Å². The number of anilines is 1. The number of carbonyl (C=O) groups excluding carboxylic acids is 3. The molecule has 8 nitrogen and oxygen atoms in total. The summed E-state index contributed by atoms with van der Waals surface area (Å²) in [6.45, 7) is 2.03. The first-order chi connectivity index (χ1) is 17.9. The summed E-state index contributed by atoms with van der Waals surface area (Å²) in [4.78, 5) is 55.3. The first-order valence-corrected chi connectivity index (χ1v) is 12.8. The third-order valence-corrected chi connectivity index (χ3v) is 7.32. The molecule has 0 fully saturated rings. The van der Waals surface area contributed by atoms with Gasteiger partial charge in [0, 0.05) is 52.6 Å². The highest BCUT2D eigenvalue weighted by molar-refractivity contribution is 7.14. The molecule has 0 aliphatic carbocycles. The van der Waals surface area contributed by atoms with E-state index in [2.05, 4.69) is 20.3 Å². The molecule has 0 bridgehead atoms. The van der Waals surface area contributed by atoms with Gasteiger partial charge in [-0.3, -0.25) is 24.7 Å². The molecule has 2 amide bonds. The van der Waals surface area contributed by atoms with Crippen LogP contribution in [0.4, 0.5) is 5.95 Å². The number of nitrogens with one attached hydrogen (secondary N) is 1. The molecule has 0 radical (unpaired) electrons. The highest BCUT2D eigenvalue weighted by atomic mass is 35.5. The summed E-state index contributed by atoms with van der Waals surface area (Å²) < 4.78 is 0. The van der Waals surface area contributed by atoms with Gasteiger partial charge in [0.15, 0.2) is 5.78 Å². The number of nitrogens with zero attached hydrogens (tertiary/aromatic N) is 4. The van der Waals surface area contributed by atoms with E-state index in [-0.39, 0.29) is 42.9 Å². The number of ketones is 1. The van der Waals surface area contributed by atoms with Crippen molar-refractivity contribution in [2.24, 2.45) is 0 Å². The van der Waals surface area contributed by atoms with Gasteiger partial charge in [0.25, 0.3) is 11.8 Å². The van der Waals surface area contributed by atoms with Crippen LogP contribution < -0.4 is 5.32 Å². The van der Waals surface area contributed by atoms with Gasteiger partial charge in [0.05, 0.1) is 17.5 Å². The average Bonchev–Trinajstić information content (AvgIpc) is 3.33. The van der Waals surface area contributed by atoms with E-state index in [1.165, 1.54) is 11.3 Å². The lowest BCUT2D eigenvalue weighted by Gasteiger charge is -2.29. The minimum Gasteiger partial charge on any atom is -0.323 e. The number of hydrogen-bond donors (Lipinski definition) is 1. The number of aromatic nitrogens is 3. The summed E-state index contributed by atoms with van der Waals surface area (Å²) in [5.74, 6) is -0.482. The van der Waals surface area contributed by atoms with Crippen LogP contribution >= 0.6 is 22.9 Å². The van der Waals surface area contributed by atoms with Gasteiger partial charge < -0.3 is 4.90 Å². The smallest absolute Gasteiger partial charge is 0.268 e. The maximum Gasteiger partial charge on any atom is 0.268 e. The van der Waals surface area contributed by atoms with Gasteiger partial charge in [-0.25, -0.2) is 9.97 Å². The summed E-state index contributed by atoms with van der Waals surface area (Å²) in [7, 11) is 0. The zero-order valence-electron chi connectivity index (χ0n) is 19.8. The van der Waals surface area contributed by atoms with Crippen molar-refractivity contribution >= 4 is 46.5 Å². The fourth-order valence-electron chi connectivity index (χ4n) is 4.19. The SMILES string of the molecule is Cc1cnc(NC(=O)c2ccc(CN3C(=O)c4ccc(Cl)cc4CC(=O)[C@H]3Cc3ccccn3)s2)nc1. The molecule has 4 aromatic rings. The van der Waals surface area contributed by atoms with E-state index in [9.17, 15) is 14.4 Å². The van der Waals surface area contributed by atoms with Gasteiger partial charge in [-0.1, -0.05) is 17.7 Å². The van der Waals surface area contributed by atoms with Gasteiger partial charge in [-0.2, -0.15) is 0 Å². The molecule has 0 saturated carbocycles. The Hall–Kier alpha value is -3.95. The third-order valence-electron chi connectivity index (χ3n) is 6.02. The fourth-order valence-corrected chi connectivity index (χ4v) is 5.29. The molecule has 37 heavy (non-hydrogen) atoms. The molecule has 0 spiro atoms. The molecular weight excluding hydrogens is 510 g/mol. The monoisotopic (exact) mass is 531 g/mol. The van der Waals surface area contributed by atoms with Gasteiger partial charge in [-0.15, -0.1) is 11.3 Å². The molecule has 4 heterocycles. The highest BCUT2D eigenvalue weighted by Gasteiger charge is 2.36. The second-order valence-electron chi connectivity index (χ2n) is 8.72. The van der Waals surface area contributed by atoms with E-state index in [4.69, 9.17) is 11.6 Å². The van der Waals surface area contributed by atoms with Crippen molar-refractivity contribution in [2.45, 2.75) is 32.4 Å². The van der Waals surface area contributed by atoms with E-state index in [1.807, 2.05) is 19.1 Å². The van der Waals surface area contributed by atoms with Crippen LogP contribution in [0, 0.1) is 6.92 Å². The highest BCUT2D eigenvalue weighted by Crippen LogP contribution is 2.28. The number of fused-ring (bicyclic) bond motifs is 1. The van der Waals surface area contributed by atoms with Crippen LogP contribution in [0.25, 0.3) is 0 Å². The van der Waals surface area contributed by atoms with E-state index < -0.39 is 6.04 Å². The Balaban J connectivity index is 1.42. The van der Waals surface area contributed by atoms with Crippen molar-refractivity contribution in [1.29, 1.82) is 0 Å². The molecule has 0 unspecified atom stereocenters. The zero-order chi connectivity index (χ0) is 25.9. The van der Waals surface area contributed by atoms with Crippen LogP contribution in [0.3, 0.4) is 0 Å². The predicted molar refractivity (Wildman–Crippen MR) is 141 cm³/mol. The minimum absolute atomic E-state index is 0.0916. The Labute approximate surface area is 222 Å². The van der Waals surface area contributed by atoms with Crippen LogP contribution in [0.2, 0.25) is 5.02 Å². The van der Waals surface area contributed by atoms with E-state index in [1.54, 1.807) is 59.9 Å². The molecular formula is C27H22ClN5O3S. The van der Waals surface area contributed by atoms with Crippen LogP contribution in [0.1, 0.15) is 41.7 Å². The summed E-state index contributed by atoms with van der Waals surface area (Å²) in [5, 5.41) is 3.15. The quantitative estimate of drug-likeness (QED) is 0.392. The van der Waals surface area contributed by atoms with Crippen molar-refractivity contribution < 1.29 is 14.4 Å². The number of amides is 2. The van der Waals surface area contributed by atoms with Crippen molar-refractivity contribution in [1.82, 2.24) is 19.9 Å². The molecule has 186 valence electrons. The molecule has 1 N–H and O–H groups in total. The Morgan fingerprint density at radius 2 is 1.92 bits per heavy atom. The number of hydrogen-bond acceptors (Lipinski definition) is 7. The second-order valence-corrected chi connectivity index (χ2v) is 10.3. The number of pyridine rings is 1. The number of halogens is 1. The molecule has 1 aliphatic heterocycles. The summed E-state index contributed by atoms with van der Waals surface area (Å²) in [5.41, 5.74) is 2.66. The Kier molecular flexibility index (Phi) is 7.07. The number of Topliss-reactive ketones (excluding diaryl/α,β-unsaturated/α-hetero) is 1. The summed E-state index contributed by atoms with van der Waals surface area (Å²) >= 11 is 7.41. The van der Waals surface area contributed by atoms with Gasteiger partial charge in [0.1, 0.15) is 0 Å². The van der Waals surface area contributed by atoms with Crippen LogP contribution in [-0.2, 0) is 24.2 Å². The topological polar surface area (TPSA) is 105 Å². The van der Waals surface area contributed by atoms with Gasteiger partial charge in [-0.05, 0) is 60.5 Å². The standard InChI is InChI=1S/C27H22ClN5O3S/c1-16-13-30-27(31-14-16)32-25(35)24-8-6-20(37-24)15-33-22(12-19-4-2-3-9-29-19)23(34)11-17-10-18(28)5-7-21(17)26(33)36/h2-10,13-14,22H,11-12,15H2,1H3,(H,30,31,32,35)/t22-/m1/s1. The zero-order valence-corrected chi connectivity index (χ0v) is 21.4. The maximum atomic E-state index is 13.7. The molecule has 1 aliphatic rings. The predicted octanol–water partition coefficient (Wildman–Crippen LogP) is 4.53. The largest absolute Gasteiger partial charge is 0.323 e. The van der Waals surface area contributed by atoms with Crippen molar-refractivity contribution in [3.63, 3.8) is 0 Å². The summed E-state index contributed by atoms with van der Waals surface area (Å²) in [6, 6.07) is 13.3. The Morgan fingerprint density at radius 1 is 1.11 bits per heavy atom. The first-order valence-electron chi connectivity index (χ1n) is 11.6. The number of benzene rings is 1.